The van der Waals surface area contributed by atoms with Gasteiger partial charge in [-0.25, -0.2) is 0 Å². The number of allylic oxidation sites excluding steroid dienone is 1. The molecule has 2 fully saturated rings. The molecule has 3 atom stereocenters. The number of hydrogen-bond acceptors (Lipinski definition) is 1. The molecule has 3 rings (SSSR count). The first-order valence-corrected chi connectivity index (χ1v) is 4.76. The van der Waals surface area contributed by atoms with Crippen LogP contribution in [0, 0.1) is 5.92 Å². The molecule has 1 heterocycles. The topological polar surface area (TPSA) is 12.5 Å². The van der Waals surface area contributed by atoms with Crippen LogP contribution in [-0.2, 0) is 4.74 Å². The van der Waals surface area contributed by atoms with Crippen LogP contribution in [0.2, 0.25) is 0 Å². The molecule has 0 bridgehead atoms. The lowest BCUT2D eigenvalue weighted by Gasteiger charge is -2.30. The molecular formula is C10H14O. The Balaban J connectivity index is 1.92. The van der Waals surface area contributed by atoms with Crippen LogP contribution in [0.5, 0.6) is 0 Å². The Labute approximate surface area is 67.4 Å². The summed E-state index contributed by atoms with van der Waals surface area (Å²) in [7, 11) is 0. The summed E-state index contributed by atoms with van der Waals surface area (Å²) in [6.45, 7) is 0. The van der Waals surface area contributed by atoms with E-state index >= 15 is 0 Å². The quantitative estimate of drug-likeness (QED) is 0.381. The Morgan fingerprint density at radius 1 is 1.36 bits per heavy atom. The Kier molecular flexibility index (Phi) is 1.07. The first kappa shape index (κ1) is 6.24. The largest absolute Gasteiger partial charge is 0.361 e. The second-order valence-electron chi connectivity index (χ2n) is 4.10. The van der Waals surface area contributed by atoms with Crippen LogP contribution in [0.3, 0.4) is 0 Å². The fourth-order valence-electron chi connectivity index (χ4n) is 2.86. The zero-order valence-electron chi connectivity index (χ0n) is 6.75. The van der Waals surface area contributed by atoms with Gasteiger partial charge in [0.25, 0.3) is 0 Å². The second kappa shape index (κ2) is 1.89. The van der Waals surface area contributed by atoms with Crippen molar-refractivity contribution in [2.45, 2.75) is 43.8 Å². The first-order chi connectivity index (χ1) is 5.42. The highest BCUT2D eigenvalue weighted by molar-refractivity contribution is 5.21. The van der Waals surface area contributed by atoms with Gasteiger partial charge in [0.2, 0.25) is 0 Å². The summed E-state index contributed by atoms with van der Waals surface area (Å²) < 4.78 is 5.78. The summed E-state index contributed by atoms with van der Waals surface area (Å²) in [4.78, 5) is 0. The highest BCUT2D eigenvalue weighted by atomic mass is 16.6. The molecule has 1 saturated heterocycles. The average Bonchev–Trinajstić information content (AvgIpc) is 2.75. The fraction of sp³-hybridized carbons (Fsp3) is 0.800. The van der Waals surface area contributed by atoms with Crippen molar-refractivity contribution in [1.82, 2.24) is 0 Å². The van der Waals surface area contributed by atoms with Crippen LogP contribution in [-0.4, -0.2) is 11.7 Å². The van der Waals surface area contributed by atoms with Crippen molar-refractivity contribution in [1.29, 1.82) is 0 Å². The van der Waals surface area contributed by atoms with E-state index in [0.29, 0.717) is 11.7 Å². The third kappa shape index (κ3) is 0.698. The lowest BCUT2D eigenvalue weighted by Crippen LogP contribution is -2.31. The van der Waals surface area contributed by atoms with E-state index in [9.17, 15) is 0 Å². The summed E-state index contributed by atoms with van der Waals surface area (Å²) in [5.74, 6) is 0.867. The minimum absolute atomic E-state index is 0.354. The lowest BCUT2D eigenvalue weighted by molar-refractivity contribution is 0.160. The van der Waals surface area contributed by atoms with Crippen LogP contribution >= 0.6 is 0 Å². The number of ether oxygens (including phenoxy) is 1. The van der Waals surface area contributed by atoms with Gasteiger partial charge in [-0.2, -0.15) is 0 Å². The first-order valence-electron chi connectivity index (χ1n) is 4.76. The lowest BCUT2D eigenvalue weighted by atomic mass is 9.73. The molecule has 11 heavy (non-hydrogen) atoms. The predicted octanol–water partition coefficient (Wildman–Crippen LogP) is 2.27. The Morgan fingerprint density at radius 3 is 3.27 bits per heavy atom. The smallest absolute Gasteiger partial charge is 0.106 e. The van der Waals surface area contributed by atoms with Gasteiger partial charge in [0, 0.05) is 0 Å². The van der Waals surface area contributed by atoms with E-state index < -0.39 is 0 Å². The van der Waals surface area contributed by atoms with Gasteiger partial charge in [-0.05, 0) is 25.2 Å². The average molecular weight is 150 g/mol. The summed E-state index contributed by atoms with van der Waals surface area (Å²) in [6, 6.07) is 0. The molecule has 1 nitrogen and oxygen atoms in total. The van der Waals surface area contributed by atoms with E-state index in [1.54, 1.807) is 0 Å². The van der Waals surface area contributed by atoms with Gasteiger partial charge in [0.05, 0.1) is 0 Å². The molecule has 0 N–H and O–H groups in total. The number of epoxide rings is 1. The Hall–Kier alpha value is -0.300. The summed E-state index contributed by atoms with van der Waals surface area (Å²) >= 11 is 0. The highest BCUT2D eigenvalue weighted by Crippen LogP contribution is 2.55. The third-order valence-corrected chi connectivity index (χ3v) is 3.56. The molecule has 0 aromatic heterocycles. The van der Waals surface area contributed by atoms with E-state index in [1.165, 1.54) is 32.1 Å². The molecule has 60 valence electrons. The van der Waals surface area contributed by atoms with Gasteiger partial charge in [-0.15, -0.1) is 0 Å². The van der Waals surface area contributed by atoms with Crippen molar-refractivity contribution < 1.29 is 4.74 Å². The second-order valence-corrected chi connectivity index (χ2v) is 4.10. The van der Waals surface area contributed by atoms with Crippen LogP contribution in [0.15, 0.2) is 12.2 Å². The Morgan fingerprint density at radius 2 is 2.36 bits per heavy atom. The van der Waals surface area contributed by atoms with E-state index in [-0.39, 0.29) is 0 Å². The minimum Gasteiger partial charge on any atom is -0.361 e. The van der Waals surface area contributed by atoms with Gasteiger partial charge < -0.3 is 4.74 Å². The molecule has 2 aliphatic carbocycles. The molecule has 0 aromatic carbocycles. The fourth-order valence-corrected chi connectivity index (χ4v) is 2.86. The van der Waals surface area contributed by atoms with Gasteiger partial charge in [0.1, 0.15) is 11.7 Å². The van der Waals surface area contributed by atoms with Gasteiger partial charge >= 0.3 is 0 Å². The highest BCUT2D eigenvalue weighted by Gasteiger charge is 2.61. The Bertz CT molecular complexity index is 209. The van der Waals surface area contributed by atoms with Crippen molar-refractivity contribution in [3.05, 3.63) is 12.2 Å². The molecule has 0 aromatic rings. The molecule has 0 radical (unpaired) electrons. The molecule has 1 heteroatoms. The number of rotatable bonds is 0. The maximum Gasteiger partial charge on any atom is 0.106 e. The molecule has 1 saturated carbocycles. The molecule has 0 unspecified atom stereocenters. The van der Waals surface area contributed by atoms with Crippen molar-refractivity contribution in [3.63, 3.8) is 0 Å². The van der Waals surface area contributed by atoms with E-state index in [0.717, 1.165) is 5.92 Å². The van der Waals surface area contributed by atoms with E-state index in [1.807, 2.05) is 0 Å². The van der Waals surface area contributed by atoms with E-state index in [2.05, 4.69) is 12.2 Å². The zero-order valence-corrected chi connectivity index (χ0v) is 6.75. The van der Waals surface area contributed by atoms with Crippen LogP contribution < -0.4 is 0 Å². The van der Waals surface area contributed by atoms with Crippen LogP contribution in [0.4, 0.5) is 0 Å². The maximum absolute atomic E-state index is 5.78. The van der Waals surface area contributed by atoms with Crippen LogP contribution in [0.1, 0.15) is 32.1 Å². The van der Waals surface area contributed by atoms with Crippen molar-refractivity contribution >= 4 is 0 Å². The molecule has 1 spiro atoms. The number of hydrogen-bond donors (Lipinski definition) is 0. The standard InChI is InChI=1S/C10H14O/c1-2-7-10-8(4-1)5-3-6-9(10)11-10/h3,6,8-9H,1-2,4-5,7H2/t8-,9+,10-/m0/s1. The van der Waals surface area contributed by atoms with E-state index in [4.69, 9.17) is 4.74 Å². The maximum atomic E-state index is 5.78. The van der Waals surface area contributed by atoms with Crippen molar-refractivity contribution in [3.8, 4) is 0 Å². The summed E-state index contributed by atoms with van der Waals surface area (Å²) in [5.41, 5.74) is 0.354. The zero-order chi connectivity index (χ0) is 7.31. The predicted molar refractivity (Wildman–Crippen MR) is 43.3 cm³/mol. The molecular weight excluding hydrogens is 136 g/mol. The van der Waals surface area contributed by atoms with Crippen LogP contribution in [0.25, 0.3) is 0 Å². The van der Waals surface area contributed by atoms with Crippen molar-refractivity contribution in [2.24, 2.45) is 5.92 Å². The summed E-state index contributed by atoms with van der Waals surface area (Å²) in [6.07, 6.45) is 11.9. The normalized spacial score (nSPS) is 53.1. The summed E-state index contributed by atoms with van der Waals surface area (Å²) in [5, 5.41) is 0. The van der Waals surface area contributed by atoms with Gasteiger partial charge in [-0.3, -0.25) is 0 Å². The monoisotopic (exact) mass is 150 g/mol. The van der Waals surface area contributed by atoms with Crippen molar-refractivity contribution in [2.75, 3.05) is 0 Å². The molecule has 0 amide bonds. The molecule has 1 aliphatic heterocycles. The van der Waals surface area contributed by atoms with Gasteiger partial charge in [-0.1, -0.05) is 25.0 Å². The molecule has 3 aliphatic rings. The van der Waals surface area contributed by atoms with Gasteiger partial charge in [0.15, 0.2) is 0 Å². The SMILES string of the molecule is C1=C[C@H]2O[C@]23CCCC[C@H]3C1. The minimum atomic E-state index is 0.354. The third-order valence-electron chi connectivity index (χ3n) is 3.56.